The fraction of sp³-hybridized carbons (Fsp3) is 0.333. The molecule has 0 unspecified atom stereocenters. The van der Waals surface area contributed by atoms with Gasteiger partial charge in [-0.05, 0) is 31.2 Å². The van der Waals surface area contributed by atoms with Crippen molar-refractivity contribution >= 4 is 15.9 Å². The Bertz CT molecular complexity index is 862. The van der Waals surface area contributed by atoms with Crippen molar-refractivity contribution in [1.82, 2.24) is 14.2 Å². The van der Waals surface area contributed by atoms with Gasteiger partial charge in [0.2, 0.25) is 10.0 Å². The number of rotatable bonds is 5. The van der Waals surface area contributed by atoms with Gasteiger partial charge in [0.15, 0.2) is 0 Å². The maximum absolute atomic E-state index is 12.5. The molecule has 1 aliphatic rings. The molecule has 0 bridgehead atoms. The summed E-state index contributed by atoms with van der Waals surface area (Å²) >= 11 is 0. The van der Waals surface area contributed by atoms with E-state index in [4.69, 9.17) is 0 Å². The van der Waals surface area contributed by atoms with Crippen molar-refractivity contribution in [2.75, 3.05) is 19.3 Å². The average molecular weight is 359 g/mol. The number of carbonyl (C=O) groups excluding carboxylic acids is 1. The summed E-state index contributed by atoms with van der Waals surface area (Å²) in [5, 5.41) is 0. The van der Waals surface area contributed by atoms with Crippen molar-refractivity contribution in [3.8, 4) is 0 Å². The van der Waals surface area contributed by atoms with Crippen LogP contribution >= 0.6 is 0 Å². The third kappa shape index (κ3) is 4.05. The van der Waals surface area contributed by atoms with Crippen LogP contribution < -0.4 is 0 Å². The summed E-state index contributed by atoms with van der Waals surface area (Å²) in [6.07, 6.45) is 2.84. The third-order valence-corrected chi connectivity index (χ3v) is 5.57. The molecule has 25 heavy (non-hydrogen) atoms. The molecule has 1 aromatic heterocycles. The Labute approximate surface area is 148 Å². The van der Waals surface area contributed by atoms with Crippen LogP contribution in [0.3, 0.4) is 0 Å². The minimum absolute atomic E-state index is 0.0637. The summed E-state index contributed by atoms with van der Waals surface area (Å²) in [5.74, 6) is -0.0637. The lowest BCUT2D eigenvalue weighted by molar-refractivity contribution is 0.0442. The normalized spacial score (nSPS) is 15.2. The van der Waals surface area contributed by atoms with Gasteiger partial charge in [0.05, 0.1) is 24.5 Å². The summed E-state index contributed by atoms with van der Waals surface area (Å²) in [7, 11) is -3.39. The van der Waals surface area contributed by atoms with Gasteiger partial charge in [-0.15, -0.1) is 0 Å². The molecule has 0 spiro atoms. The SMILES string of the molecule is Cc1cccc(C(=O)N2CC(N(Cc3ccccn3)S(C)(=O)=O)C2)c1. The van der Waals surface area contributed by atoms with E-state index in [2.05, 4.69) is 4.98 Å². The van der Waals surface area contributed by atoms with Crippen LogP contribution in [0.4, 0.5) is 0 Å². The molecule has 3 rings (SSSR count). The molecule has 132 valence electrons. The summed E-state index contributed by atoms with van der Waals surface area (Å²) in [4.78, 5) is 18.4. The number of carbonyl (C=O) groups is 1. The van der Waals surface area contributed by atoms with Gasteiger partial charge in [-0.25, -0.2) is 8.42 Å². The summed E-state index contributed by atoms with van der Waals surface area (Å²) in [5.41, 5.74) is 2.35. The lowest BCUT2D eigenvalue weighted by Gasteiger charge is -2.44. The van der Waals surface area contributed by atoms with Crippen molar-refractivity contribution in [2.24, 2.45) is 0 Å². The first-order chi connectivity index (χ1) is 11.8. The number of hydrogen-bond acceptors (Lipinski definition) is 4. The minimum Gasteiger partial charge on any atom is -0.335 e. The van der Waals surface area contributed by atoms with E-state index in [1.807, 2.05) is 31.2 Å². The van der Waals surface area contributed by atoms with E-state index >= 15 is 0 Å². The second-order valence-electron chi connectivity index (χ2n) is 6.36. The Kier molecular flexibility index (Phi) is 4.87. The molecule has 0 radical (unpaired) electrons. The molecule has 2 aromatic rings. The first-order valence-corrected chi connectivity index (χ1v) is 9.92. The number of likely N-dealkylation sites (tertiary alicyclic amines) is 1. The van der Waals surface area contributed by atoms with Crippen LogP contribution in [0.15, 0.2) is 48.7 Å². The van der Waals surface area contributed by atoms with E-state index in [0.717, 1.165) is 5.56 Å². The summed E-state index contributed by atoms with van der Waals surface area (Å²) in [6.45, 7) is 2.95. The molecule has 2 heterocycles. The molecule has 0 atom stereocenters. The molecule has 1 saturated heterocycles. The first kappa shape index (κ1) is 17.6. The van der Waals surface area contributed by atoms with Gasteiger partial charge in [-0.2, -0.15) is 4.31 Å². The molecule has 1 amide bonds. The van der Waals surface area contributed by atoms with E-state index in [9.17, 15) is 13.2 Å². The highest BCUT2D eigenvalue weighted by atomic mass is 32.2. The van der Waals surface area contributed by atoms with Crippen LogP contribution in [0.25, 0.3) is 0 Å². The van der Waals surface area contributed by atoms with E-state index in [1.54, 1.807) is 29.3 Å². The Balaban J connectivity index is 1.69. The number of sulfonamides is 1. The van der Waals surface area contributed by atoms with Crippen LogP contribution in [0.1, 0.15) is 21.6 Å². The lowest BCUT2D eigenvalue weighted by Crippen LogP contribution is -2.61. The van der Waals surface area contributed by atoms with Crippen molar-refractivity contribution in [3.05, 3.63) is 65.5 Å². The van der Waals surface area contributed by atoms with Crippen LogP contribution in [0.2, 0.25) is 0 Å². The van der Waals surface area contributed by atoms with Gasteiger partial charge in [0.25, 0.3) is 5.91 Å². The predicted octanol–water partition coefficient (Wildman–Crippen LogP) is 1.68. The molecule has 0 saturated carbocycles. The van der Waals surface area contributed by atoms with Gasteiger partial charge < -0.3 is 4.90 Å². The second-order valence-corrected chi connectivity index (χ2v) is 8.30. The maximum atomic E-state index is 12.5. The number of hydrogen-bond donors (Lipinski definition) is 0. The predicted molar refractivity (Wildman–Crippen MR) is 95.5 cm³/mol. The molecule has 7 heteroatoms. The second kappa shape index (κ2) is 6.93. The molecule has 6 nitrogen and oxygen atoms in total. The largest absolute Gasteiger partial charge is 0.335 e. The van der Waals surface area contributed by atoms with Gasteiger partial charge in [-0.3, -0.25) is 9.78 Å². The topological polar surface area (TPSA) is 70.6 Å². The zero-order chi connectivity index (χ0) is 18.0. The first-order valence-electron chi connectivity index (χ1n) is 8.07. The molecule has 1 aliphatic heterocycles. The van der Waals surface area contributed by atoms with Crippen molar-refractivity contribution < 1.29 is 13.2 Å². The number of pyridine rings is 1. The van der Waals surface area contributed by atoms with Crippen LogP contribution in [-0.4, -0.2) is 53.9 Å². The number of aryl methyl sites for hydroxylation is 1. The van der Waals surface area contributed by atoms with Crippen molar-refractivity contribution in [1.29, 1.82) is 0 Å². The molecular weight excluding hydrogens is 338 g/mol. The third-order valence-electron chi connectivity index (χ3n) is 4.29. The van der Waals surface area contributed by atoms with Gasteiger partial charge >= 0.3 is 0 Å². The van der Waals surface area contributed by atoms with Gasteiger partial charge in [0, 0.05) is 24.8 Å². The number of aromatic nitrogens is 1. The Morgan fingerprint density at radius 3 is 2.60 bits per heavy atom. The molecule has 0 aliphatic carbocycles. The average Bonchev–Trinajstić information content (AvgIpc) is 2.52. The smallest absolute Gasteiger partial charge is 0.253 e. The monoisotopic (exact) mass is 359 g/mol. The Hall–Kier alpha value is -2.25. The highest BCUT2D eigenvalue weighted by Gasteiger charge is 2.39. The maximum Gasteiger partial charge on any atom is 0.253 e. The quantitative estimate of drug-likeness (QED) is 0.814. The summed E-state index contributed by atoms with van der Waals surface area (Å²) in [6, 6.07) is 12.6. The van der Waals surface area contributed by atoms with Crippen LogP contribution in [-0.2, 0) is 16.6 Å². The minimum atomic E-state index is -3.39. The van der Waals surface area contributed by atoms with Gasteiger partial charge in [-0.1, -0.05) is 23.8 Å². The zero-order valence-corrected chi connectivity index (χ0v) is 15.1. The van der Waals surface area contributed by atoms with Crippen molar-refractivity contribution in [2.45, 2.75) is 19.5 Å². The highest BCUT2D eigenvalue weighted by Crippen LogP contribution is 2.22. The van der Waals surface area contributed by atoms with Crippen molar-refractivity contribution in [3.63, 3.8) is 0 Å². The summed E-state index contributed by atoms with van der Waals surface area (Å²) < 4.78 is 25.7. The standard InChI is InChI=1S/C18H21N3O3S/c1-14-6-5-7-15(10-14)18(22)20-12-17(13-20)21(25(2,23)24)11-16-8-3-4-9-19-16/h3-10,17H,11-13H2,1-2H3. The number of amides is 1. The highest BCUT2D eigenvalue weighted by molar-refractivity contribution is 7.88. The Morgan fingerprint density at radius 1 is 1.24 bits per heavy atom. The number of benzene rings is 1. The fourth-order valence-electron chi connectivity index (χ4n) is 2.93. The van der Waals surface area contributed by atoms with Crippen LogP contribution in [0, 0.1) is 6.92 Å². The number of nitrogens with zero attached hydrogens (tertiary/aromatic N) is 3. The van der Waals surface area contributed by atoms with E-state index < -0.39 is 10.0 Å². The zero-order valence-electron chi connectivity index (χ0n) is 14.3. The van der Waals surface area contributed by atoms with E-state index in [0.29, 0.717) is 24.3 Å². The van der Waals surface area contributed by atoms with Gasteiger partial charge in [0.1, 0.15) is 0 Å². The lowest BCUT2D eigenvalue weighted by atomic mass is 10.1. The molecule has 1 aromatic carbocycles. The fourth-order valence-corrected chi connectivity index (χ4v) is 3.97. The molecular formula is C18H21N3O3S. The molecule has 0 N–H and O–H groups in total. The van der Waals surface area contributed by atoms with E-state index in [-0.39, 0.29) is 18.5 Å². The van der Waals surface area contributed by atoms with E-state index in [1.165, 1.54) is 10.6 Å². The molecule has 1 fully saturated rings. The van der Waals surface area contributed by atoms with Crippen LogP contribution in [0.5, 0.6) is 0 Å². The Morgan fingerprint density at radius 2 is 2.00 bits per heavy atom.